The van der Waals surface area contributed by atoms with Gasteiger partial charge in [0.25, 0.3) is 0 Å². The molecule has 0 radical (unpaired) electrons. The fraction of sp³-hybridized carbons (Fsp3) is 0.385. The summed E-state index contributed by atoms with van der Waals surface area (Å²) in [4.78, 5) is 0. The van der Waals surface area contributed by atoms with Crippen molar-refractivity contribution in [3.8, 4) is 0 Å². The molecule has 1 aliphatic rings. The first-order valence-electron chi connectivity index (χ1n) is 5.51. The number of aliphatic hydroxyl groups is 1. The molecule has 1 N–H and O–H groups in total. The predicted molar refractivity (Wildman–Crippen MR) is 69.4 cm³/mol. The SMILES string of the molecule is CC1C(Cc2cc(CO)oc2Cl)=CC=CC1Cl. The Morgan fingerprint density at radius 3 is 2.88 bits per heavy atom. The Labute approximate surface area is 111 Å². The van der Waals surface area contributed by atoms with E-state index in [2.05, 4.69) is 13.0 Å². The molecule has 0 amide bonds. The molecular formula is C13H14Cl2O2. The standard InChI is InChI=1S/C13H14Cl2O2/c1-8-9(3-2-4-12(8)14)5-10-6-11(7-16)17-13(10)15/h2-4,6,8,12,16H,5,7H2,1H3. The summed E-state index contributed by atoms with van der Waals surface area (Å²) in [5, 5.41) is 9.35. The Morgan fingerprint density at radius 2 is 2.24 bits per heavy atom. The van der Waals surface area contributed by atoms with Crippen LogP contribution in [-0.4, -0.2) is 10.5 Å². The molecule has 0 saturated carbocycles. The summed E-state index contributed by atoms with van der Waals surface area (Å²) < 4.78 is 5.20. The van der Waals surface area contributed by atoms with Crippen molar-refractivity contribution in [2.24, 2.45) is 5.92 Å². The zero-order valence-corrected chi connectivity index (χ0v) is 11.0. The van der Waals surface area contributed by atoms with Gasteiger partial charge in [-0.15, -0.1) is 11.6 Å². The number of aliphatic hydroxyl groups excluding tert-OH is 1. The third-order valence-electron chi connectivity index (χ3n) is 3.03. The molecule has 2 nitrogen and oxygen atoms in total. The number of rotatable bonds is 3. The minimum absolute atomic E-state index is 0.0259. The van der Waals surface area contributed by atoms with E-state index in [0.29, 0.717) is 17.4 Å². The fourth-order valence-electron chi connectivity index (χ4n) is 1.91. The second-order valence-electron chi connectivity index (χ2n) is 4.21. The molecule has 2 unspecified atom stereocenters. The van der Waals surface area contributed by atoms with Crippen molar-refractivity contribution in [3.63, 3.8) is 0 Å². The number of hydrogen-bond donors (Lipinski definition) is 1. The van der Waals surface area contributed by atoms with Crippen molar-refractivity contribution in [3.05, 3.63) is 46.4 Å². The van der Waals surface area contributed by atoms with Crippen molar-refractivity contribution in [2.45, 2.75) is 25.3 Å². The lowest BCUT2D eigenvalue weighted by atomic mass is 9.89. The zero-order chi connectivity index (χ0) is 12.4. The summed E-state index contributed by atoms with van der Waals surface area (Å²) >= 11 is 12.1. The van der Waals surface area contributed by atoms with Gasteiger partial charge in [0.15, 0.2) is 5.22 Å². The molecule has 0 spiro atoms. The molecular weight excluding hydrogens is 259 g/mol. The number of allylic oxidation sites excluding steroid dienone is 4. The van der Waals surface area contributed by atoms with Crippen molar-refractivity contribution < 1.29 is 9.52 Å². The van der Waals surface area contributed by atoms with Crippen LogP contribution in [0.3, 0.4) is 0 Å². The second kappa shape index (κ2) is 5.30. The summed E-state index contributed by atoms with van der Waals surface area (Å²) in [5.41, 5.74) is 2.12. The van der Waals surface area contributed by atoms with Gasteiger partial charge < -0.3 is 9.52 Å². The van der Waals surface area contributed by atoms with Crippen LogP contribution in [0.2, 0.25) is 5.22 Å². The maximum atomic E-state index is 8.98. The normalized spacial score (nSPS) is 23.9. The monoisotopic (exact) mass is 272 g/mol. The minimum atomic E-state index is -0.133. The van der Waals surface area contributed by atoms with E-state index >= 15 is 0 Å². The highest BCUT2D eigenvalue weighted by Crippen LogP contribution is 2.30. The maximum absolute atomic E-state index is 8.98. The first kappa shape index (κ1) is 12.7. The summed E-state index contributed by atoms with van der Waals surface area (Å²) in [7, 11) is 0. The van der Waals surface area contributed by atoms with Gasteiger partial charge in [0, 0.05) is 5.56 Å². The van der Waals surface area contributed by atoms with Gasteiger partial charge in [-0.25, -0.2) is 0 Å². The number of hydrogen-bond acceptors (Lipinski definition) is 2. The van der Waals surface area contributed by atoms with Gasteiger partial charge in [-0.2, -0.15) is 0 Å². The maximum Gasteiger partial charge on any atom is 0.197 e. The molecule has 0 saturated heterocycles. The van der Waals surface area contributed by atoms with Gasteiger partial charge in [-0.05, 0) is 30.0 Å². The van der Waals surface area contributed by atoms with Gasteiger partial charge in [0.1, 0.15) is 12.4 Å². The quantitative estimate of drug-likeness (QED) is 0.852. The second-order valence-corrected chi connectivity index (χ2v) is 5.05. The molecule has 1 aromatic heterocycles. The number of alkyl halides is 1. The molecule has 2 rings (SSSR count). The van der Waals surface area contributed by atoms with Crippen LogP contribution >= 0.6 is 23.2 Å². The third-order valence-corrected chi connectivity index (χ3v) is 3.87. The van der Waals surface area contributed by atoms with E-state index in [0.717, 1.165) is 5.56 Å². The van der Waals surface area contributed by atoms with E-state index in [1.807, 2.05) is 12.2 Å². The van der Waals surface area contributed by atoms with Crippen LogP contribution < -0.4 is 0 Å². The van der Waals surface area contributed by atoms with Gasteiger partial charge >= 0.3 is 0 Å². The zero-order valence-electron chi connectivity index (χ0n) is 9.49. The van der Waals surface area contributed by atoms with Crippen LogP contribution in [0.15, 0.2) is 34.3 Å². The first-order chi connectivity index (χ1) is 8.11. The Hall–Kier alpha value is -0.700. The third kappa shape index (κ3) is 2.76. The lowest BCUT2D eigenvalue weighted by Crippen LogP contribution is -2.15. The lowest BCUT2D eigenvalue weighted by Gasteiger charge is -2.21. The predicted octanol–water partition coefficient (Wildman–Crippen LogP) is 3.71. The average Bonchev–Trinajstić information content (AvgIpc) is 2.66. The Kier molecular flexibility index (Phi) is 3.97. The summed E-state index contributed by atoms with van der Waals surface area (Å²) in [6, 6.07) is 1.79. The van der Waals surface area contributed by atoms with Gasteiger partial charge in [0.2, 0.25) is 0 Å². The first-order valence-corrected chi connectivity index (χ1v) is 6.32. The van der Waals surface area contributed by atoms with Crippen molar-refractivity contribution in [1.29, 1.82) is 0 Å². The topological polar surface area (TPSA) is 33.4 Å². The van der Waals surface area contributed by atoms with Crippen LogP contribution in [0.5, 0.6) is 0 Å². The number of furan rings is 1. The molecule has 0 fully saturated rings. The Balaban J connectivity index is 2.17. The molecule has 92 valence electrons. The van der Waals surface area contributed by atoms with Gasteiger partial charge in [-0.1, -0.05) is 30.7 Å². The minimum Gasteiger partial charge on any atom is -0.447 e. The van der Waals surface area contributed by atoms with Crippen LogP contribution in [0.25, 0.3) is 0 Å². The highest BCUT2D eigenvalue weighted by Gasteiger charge is 2.20. The highest BCUT2D eigenvalue weighted by atomic mass is 35.5. The van der Waals surface area contributed by atoms with E-state index in [1.54, 1.807) is 6.07 Å². The molecule has 1 aliphatic carbocycles. The van der Waals surface area contributed by atoms with Crippen LogP contribution in [0.4, 0.5) is 0 Å². The summed E-state index contributed by atoms with van der Waals surface area (Å²) in [5.74, 6) is 0.775. The van der Waals surface area contributed by atoms with Crippen LogP contribution in [-0.2, 0) is 13.0 Å². The average molecular weight is 273 g/mol. The molecule has 2 atom stereocenters. The van der Waals surface area contributed by atoms with Crippen molar-refractivity contribution in [2.75, 3.05) is 0 Å². The molecule has 0 aliphatic heterocycles. The van der Waals surface area contributed by atoms with E-state index in [-0.39, 0.29) is 17.9 Å². The van der Waals surface area contributed by atoms with Gasteiger partial charge in [0.05, 0.1) is 5.38 Å². The van der Waals surface area contributed by atoms with Gasteiger partial charge in [-0.3, -0.25) is 0 Å². The molecule has 1 heterocycles. The largest absolute Gasteiger partial charge is 0.447 e. The molecule has 1 aromatic rings. The highest BCUT2D eigenvalue weighted by molar-refractivity contribution is 6.29. The Bertz CT molecular complexity index is 460. The molecule has 0 bridgehead atoms. The van der Waals surface area contributed by atoms with Crippen LogP contribution in [0.1, 0.15) is 18.2 Å². The number of halogens is 2. The van der Waals surface area contributed by atoms with E-state index in [4.69, 9.17) is 32.7 Å². The van der Waals surface area contributed by atoms with E-state index < -0.39 is 0 Å². The lowest BCUT2D eigenvalue weighted by molar-refractivity contribution is 0.247. The summed E-state index contributed by atoms with van der Waals surface area (Å²) in [6.07, 6.45) is 6.71. The smallest absolute Gasteiger partial charge is 0.197 e. The molecule has 17 heavy (non-hydrogen) atoms. The molecule has 4 heteroatoms. The van der Waals surface area contributed by atoms with Crippen LogP contribution in [0, 0.1) is 5.92 Å². The molecule has 0 aromatic carbocycles. The van der Waals surface area contributed by atoms with Crippen molar-refractivity contribution >= 4 is 23.2 Å². The van der Waals surface area contributed by atoms with E-state index in [1.165, 1.54) is 5.57 Å². The Morgan fingerprint density at radius 1 is 1.47 bits per heavy atom. The fourth-order valence-corrected chi connectivity index (χ4v) is 2.37. The van der Waals surface area contributed by atoms with E-state index in [9.17, 15) is 0 Å². The van der Waals surface area contributed by atoms with Crippen molar-refractivity contribution in [1.82, 2.24) is 0 Å². The summed E-state index contributed by atoms with van der Waals surface area (Å²) in [6.45, 7) is 1.96.